The van der Waals surface area contributed by atoms with E-state index in [-0.39, 0.29) is 24.2 Å². The molecular weight excluding hydrogens is 228 g/mol. The van der Waals surface area contributed by atoms with Crippen LogP contribution in [0.5, 0.6) is 0 Å². The van der Waals surface area contributed by atoms with Crippen LogP contribution in [0.15, 0.2) is 0 Å². The molecule has 1 rings (SSSR count). The lowest BCUT2D eigenvalue weighted by molar-refractivity contribution is -0.136. The van der Waals surface area contributed by atoms with Crippen molar-refractivity contribution in [1.82, 2.24) is 10.6 Å². The maximum atomic E-state index is 12.0. The highest BCUT2D eigenvalue weighted by molar-refractivity contribution is 5.80. The molecule has 1 heterocycles. The molecule has 2 N–H and O–H groups in total. The maximum Gasteiger partial charge on any atom is 0.249 e. The zero-order chi connectivity index (χ0) is 13.5. The lowest BCUT2D eigenvalue weighted by Gasteiger charge is -2.30. The molecule has 1 amide bonds. The van der Waals surface area contributed by atoms with Crippen LogP contribution in [0, 0.1) is 0 Å². The summed E-state index contributed by atoms with van der Waals surface area (Å²) in [6.45, 7) is 9.05. The average Bonchev–Trinajstić information content (AvgIpc) is 2.38. The van der Waals surface area contributed by atoms with Crippen LogP contribution in [-0.2, 0) is 9.53 Å². The Morgan fingerprint density at radius 1 is 1.39 bits per heavy atom. The number of hydrogen-bond acceptors (Lipinski definition) is 3. The number of carbonyl (C=O) groups excluding carboxylic acids is 1. The predicted octanol–water partition coefficient (Wildman–Crippen LogP) is 1.84. The van der Waals surface area contributed by atoms with Crippen LogP contribution >= 0.6 is 0 Å². The van der Waals surface area contributed by atoms with Gasteiger partial charge in [0, 0.05) is 18.6 Å². The van der Waals surface area contributed by atoms with Crippen LogP contribution in [0.3, 0.4) is 0 Å². The first-order chi connectivity index (χ1) is 8.56. The smallest absolute Gasteiger partial charge is 0.249 e. The van der Waals surface area contributed by atoms with Crippen molar-refractivity contribution in [2.24, 2.45) is 0 Å². The van der Waals surface area contributed by atoms with E-state index < -0.39 is 0 Å². The second-order valence-electron chi connectivity index (χ2n) is 5.31. The highest BCUT2D eigenvalue weighted by atomic mass is 16.5. The molecule has 4 heteroatoms. The fourth-order valence-electron chi connectivity index (χ4n) is 2.25. The molecule has 1 fully saturated rings. The minimum Gasteiger partial charge on any atom is -0.364 e. The Morgan fingerprint density at radius 3 is 2.56 bits per heavy atom. The largest absolute Gasteiger partial charge is 0.364 e. The van der Waals surface area contributed by atoms with Gasteiger partial charge in [0.15, 0.2) is 0 Å². The number of rotatable bonds is 6. The van der Waals surface area contributed by atoms with Crippen molar-refractivity contribution in [2.75, 3.05) is 6.54 Å². The Morgan fingerprint density at radius 2 is 2.06 bits per heavy atom. The molecule has 18 heavy (non-hydrogen) atoms. The molecule has 1 aliphatic rings. The summed E-state index contributed by atoms with van der Waals surface area (Å²) in [6.07, 6.45) is 3.91. The minimum absolute atomic E-state index is 0.0160. The summed E-state index contributed by atoms with van der Waals surface area (Å²) in [7, 11) is 0. The van der Waals surface area contributed by atoms with Gasteiger partial charge in [0.2, 0.25) is 5.91 Å². The molecule has 3 unspecified atom stereocenters. The molecular formula is C14H28N2O2. The third kappa shape index (κ3) is 4.94. The summed E-state index contributed by atoms with van der Waals surface area (Å²) in [6, 6.07) is 0.839. The molecule has 0 aromatic heterocycles. The van der Waals surface area contributed by atoms with Gasteiger partial charge < -0.3 is 15.4 Å². The third-order valence-electron chi connectivity index (χ3n) is 3.71. The molecule has 1 saturated heterocycles. The number of ether oxygens (including phenoxy) is 1. The van der Waals surface area contributed by atoms with E-state index in [2.05, 4.69) is 31.4 Å². The maximum absolute atomic E-state index is 12.0. The topological polar surface area (TPSA) is 50.4 Å². The summed E-state index contributed by atoms with van der Waals surface area (Å²) in [4.78, 5) is 12.0. The van der Waals surface area contributed by atoms with E-state index in [1.54, 1.807) is 0 Å². The van der Waals surface area contributed by atoms with Gasteiger partial charge in [0.1, 0.15) is 6.10 Å². The summed E-state index contributed by atoms with van der Waals surface area (Å²) < 4.78 is 5.82. The molecule has 106 valence electrons. The van der Waals surface area contributed by atoms with E-state index in [4.69, 9.17) is 4.74 Å². The summed E-state index contributed by atoms with van der Waals surface area (Å²) >= 11 is 0. The van der Waals surface area contributed by atoms with Gasteiger partial charge in [-0.1, -0.05) is 13.8 Å². The number of hydrogen-bond donors (Lipinski definition) is 2. The lowest BCUT2D eigenvalue weighted by Crippen LogP contribution is -2.46. The third-order valence-corrected chi connectivity index (χ3v) is 3.71. The van der Waals surface area contributed by atoms with Gasteiger partial charge >= 0.3 is 0 Å². The molecule has 0 aliphatic carbocycles. The van der Waals surface area contributed by atoms with E-state index in [1.807, 2.05) is 6.92 Å². The molecule has 0 aromatic carbocycles. The Kier molecular flexibility index (Phi) is 6.65. The first-order valence-corrected chi connectivity index (χ1v) is 7.26. The van der Waals surface area contributed by atoms with Crippen molar-refractivity contribution in [3.8, 4) is 0 Å². The van der Waals surface area contributed by atoms with Gasteiger partial charge in [-0.3, -0.25) is 4.79 Å². The van der Waals surface area contributed by atoms with E-state index in [0.29, 0.717) is 6.04 Å². The van der Waals surface area contributed by atoms with Gasteiger partial charge in [-0.05, 0) is 39.5 Å². The van der Waals surface area contributed by atoms with Crippen molar-refractivity contribution in [3.63, 3.8) is 0 Å². The van der Waals surface area contributed by atoms with Crippen molar-refractivity contribution in [1.29, 1.82) is 0 Å². The Hall–Kier alpha value is -0.610. The summed E-state index contributed by atoms with van der Waals surface area (Å²) in [5.74, 6) is 0.0160. The Bertz CT molecular complexity index is 246. The summed E-state index contributed by atoms with van der Waals surface area (Å²) in [5.41, 5.74) is 0. The molecule has 4 nitrogen and oxygen atoms in total. The van der Waals surface area contributed by atoms with Crippen LogP contribution in [-0.4, -0.2) is 36.7 Å². The zero-order valence-corrected chi connectivity index (χ0v) is 12.2. The fraction of sp³-hybridized carbons (Fsp3) is 0.929. The molecule has 0 saturated carbocycles. The normalized spacial score (nSPS) is 26.1. The van der Waals surface area contributed by atoms with E-state index >= 15 is 0 Å². The number of piperidine rings is 1. The van der Waals surface area contributed by atoms with E-state index in [0.717, 1.165) is 32.2 Å². The Balaban J connectivity index is 2.31. The van der Waals surface area contributed by atoms with Gasteiger partial charge in [0.05, 0.1) is 6.10 Å². The second kappa shape index (κ2) is 7.74. The quantitative estimate of drug-likeness (QED) is 0.762. The number of carbonyl (C=O) groups is 1. The summed E-state index contributed by atoms with van der Waals surface area (Å²) in [5, 5.41) is 6.41. The van der Waals surface area contributed by atoms with Crippen molar-refractivity contribution in [3.05, 3.63) is 0 Å². The van der Waals surface area contributed by atoms with Crippen LogP contribution in [0.2, 0.25) is 0 Å². The van der Waals surface area contributed by atoms with Crippen LogP contribution in [0.1, 0.15) is 53.4 Å². The van der Waals surface area contributed by atoms with Gasteiger partial charge in [0.25, 0.3) is 0 Å². The first-order valence-electron chi connectivity index (χ1n) is 7.26. The zero-order valence-electron chi connectivity index (χ0n) is 12.2. The van der Waals surface area contributed by atoms with Gasteiger partial charge in [-0.25, -0.2) is 0 Å². The van der Waals surface area contributed by atoms with Gasteiger partial charge in [-0.15, -0.1) is 0 Å². The first kappa shape index (κ1) is 15.4. The molecule has 0 spiro atoms. The van der Waals surface area contributed by atoms with Crippen LogP contribution in [0.4, 0.5) is 0 Å². The molecule has 3 atom stereocenters. The predicted molar refractivity (Wildman–Crippen MR) is 73.5 cm³/mol. The van der Waals surface area contributed by atoms with Crippen LogP contribution in [0.25, 0.3) is 0 Å². The fourth-order valence-corrected chi connectivity index (χ4v) is 2.25. The van der Waals surface area contributed by atoms with Crippen LogP contribution < -0.4 is 10.6 Å². The number of nitrogens with one attached hydrogen (secondary N) is 2. The van der Waals surface area contributed by atoms with Crippen molar-refractivity contribution < 1.29 is 9.53 Å². The SMILES string of the molecule is CCC(CC)NC(=O)C(C)OC1CCC(C)NC1. The molecule has 1 aliphatic heterocycles. The van der Waals surface area contributed by atoms with E-state index in [9.17, 15) is 4.79 Å². The lowest BCUT2D eigenvalue weighted by atomic mass is 10.0. The average molecular weight is 256 g/mol. The van der Waals surface area contributed by atoms with Crippen molar-refractivity contribution >= 4 is 5.91 Å². The van der Waals surface area contributed by atoms with E-state index in [1.165, 1.54) is 0 Å². The Labute approximate surface area is 111 Å². The van der Waals surface area contributed by atoms with Gasteiger partial charge in [-0.2, -0.15) is 0 Å². The standard InChI is InChI=1S/C14H28N2O2/c1-5-12(6-2)16-14(17)11(4)18-13-8-7-10(3)15-9-13/h10-13,15H,5-9H2,1-4H3,(H,16,17). The number of amides is 1. The minimum atomic E-state index is -0.356. The molecule has 0 bridgehead atoms. The second-order valence-corrected chi connectivity index (χ2v) is 5.31. The molecule has 0 aromatic rings. The monoisotopic (exact) mass is 256 g/mol. The molecule has 0 radical (unpaired) electrons. The highest BCUT2D eigenvalue weighted by Crippen LogP contribution is 2.13. The van der Waals surface area contributed by atoms with Crippen molar-refractivity contribution in [2.45, 2.75) is 77.7 Å². The highest BCUT2D eigenvalue weighted by Gasteiger charge is 2.23.